The van der Waals surface area contributed by atoms with Crippen LogP contribution < -0.4 is 5.32 Å². The normalized spacial score (nSPS) is 12.3. The van der Waals surface area contributed by atoms with Crippen LogP contribution in [0.1, 0.15) is 38.2 Å². The fourth-order valence-corrected chi connectivity index (χ4v) is 1.56. The van der Waals surface area contributed by atoms with Crippen LogP contribution in [-0.4, -0.2) is 29.1 Å². The molecule has 0 aromatic carbocycles. The van der Waals surface area contributed by atoms with Gasteiger partial charge in [0.05, 0.1) is 6.61 Å². The molecule has 1 aromatic rings. The van der Waals surface area contributed by atoms with Crippen molar-refractivity contribution in [3.8, 4) is 0 Å². The van der Waals surface area contributed by atoms with E-state index in [0.29, 0.717) is 18.2 Å². The molecule has 1 atom stereocenters. The van der Waals surface area contributed by atoms with Crippen molar-refractivity contribution in [1.29, 1.82) is 0 Å². The number of amides is 1. The minimum absolute atomic E-state index is 0.106. The summed E-state index contributed by atoms with van der Waals surface area (Å²) in [5.74, 6) is -0.140. The van der Waals surface area contributed by atoms with Crippen molar-refractivity contribution in [2.75, 3.05) is 6.61 Å². The summed E-state index contributed by atoms with van der Waals surface area (Å²) in [7, 11) is 0. The molecule has 1 unspecified atom stereocenters. The van der Waals surface area contributed by atoms with Crippen molar-refractivity contribution in [3.63, 3.8) is 0 Å². The van der Waals surface area contributed by atoms with Gasteiger partial charge in [-0.25, -0.2) is 4.79 Å². The van der Waals surface area contributed by atoms with E-state index in [1.54, 1.807) is 29.8 Å². The Labute approximate surface area is 113 Å². The van der Waals surface area contributed by atoms with Gasteiger partial charge in [0.1, 0.15) is 12.2 Å². The Morgan fingerprint density at radius 1 is 1.37 bits per heavy atom. The number of esters is 1. The average Bonchev–Trinajstić information content (AvgIpc) is 2.77. The molecule has 5 heteroatoms. The van der Waals surface area contributed by atoms with E-state index in [-0.39, 0.29) is 18.5 Å². The third-order valence-electron chi connectivity index (χ3n) is 3.02. The summed E-state index contributed by atoms with van der Waals surface area (Å²) < 4.78 is 6.53. The lowest BCUT2D eigenvalue weighted by Crippen LogP contribution is -2.38. The first kappa shape index (κ1) is 15.3. The molecule has 106 valence electrons. The van der Waals surface area contributed by atoms with Crippen molar-refractivity contribution >= 4 is 11.9 Å². The number of hydrogen-bond donors (Lipinski definition) is 1. The van der Waals surface area contributed by atoms with Crippen LogP contribution in [0.5, 0.6) is 0 Å². The molecular formula is C14H22N2O3. The van der Waals surface area contributed by atoms with Gasteiger partial charge < -0.3 is 14.6 Å². The summed E-state index contributed by atoms with van der Waals surface area (Å²) in [5.41, 5.74) is 0.397. The van der Waals surface area contributed by atoms with Crippen LogP contribution in [0.25, 0.3) is 0 Å². The van der Waals surface area contributed by atoms with Crippen molar-refractivity contribution in [2.45, 2.75) is 40.3 Å². The predicted octanol–water partition coefficient (Wildman–Crippen LogP) is 1.83. The van der Waals surface area contributed by atoms with Crippen molar-refractivity contribution in [2.24, 2.45) is 5.92 Å². The largest absolute Gasteiger partial charge is 0.461 e. The number of hydrogen-bond acceptors (Lipinski definition) is 3. The van der Waals surface area contributed by atoms with E-state index in [9.17, 15) is 9.59 Å². The van der Waals surface area contributed by atoms with Crippen LogP contribution in [0.2, 0.25) is 0 Å². The molecule has 19 heavy (non-hydrogen) atoms. The molecule has 0 radical (unpaired) electrons. The van der Waals surface area contributed by atoms with Gasteiger partial charge in [-0.3, -0.25) is 4.79 Å². The number of ether oxygens (including phenoxy) is 1. The van der Waals surface area contributed by atoms with Gasteiger partial charge in [-0.15, -0.1) is 0 Å². The Hall–Kier alpha value is -1.78. The van der Waals surface area contributed by atoms with E-state index in [2.05, 4.69) is 5.32 Å². The summed E-state index contributed by atoms with van der Waals surface area (Å²) in [6.07, 6.45) is 1.70. The lowest BCUT2D eigenvalue weighted by atomic mass is 10.1. The molecule has 0 bridgehead atoms. The van der Waals surface area contributed by atoms with E-state index in [0.717, 1.165) is 0 Å². The minimum Gasteiger partial charge on any atom is -0.461 e. The van der Waals surface area contributed by atoms with Crippen molar-refractivity contribution < 1.29 is 14.3 Å². The van der Waals surface area contributed by atoms with Gasteiger partial charge >= 0.3 is 5.97 Å². The van der Waals surface area contributed by atoms with Crippen LogP contribution in [-0.2, 0) is 16.1 Å². The molecule has 1 N–H and O–H groups in total. The first-order valence-electron chi connectivity index (χ1n) is 6.57. The molecule has 1 heterocycles. The smallest absolute Gasteiger partial charge is 0.354 e. The van der Waals surface area contributed by atoms with E-state index in [1.165, 1.54) is 0 Å². The molecule has 0 aliphatic carbocycles. The lowest BCUT2D eigenvalue weighted by molar-refractivity contribution is -0.122. The molecule has 0 spiro atoms. The number of nitrogens with one attached hydrogen (secondary N) is 1. The van der Waals surface area contributed by atoms with Gasteiger partial charge in [-0.1, -0.05) is 13.8 Å². The van der Waals surface area contributed by atoms with Gasteiger partial charge in [0, 0.05) is 12.2 Å². The van der Waals surface area contributed by atoms with Gasteiger partial charge in [0.15, 0.2) is 0 Å². The first-order chi connectivity index (χ1) is 8.95. The summed E-state index contributed by atoms with van der Waals surface area (Å²) >= 11 is 0. The van der Waals surface area contributed by atoms with Crippen molar-refractivity contribution in [3.05, 3.63) is 24.0 Å². The zero-order valence-corrected chi connectivity index (χ0v) is 12.0. The minimum atomic E-state index is -0.405. The van der Waals surface area contributed by atoms with Gasteiger partial charge in [0.25, 0.3) is 0 Å². The Balaban J connectivity index is 2.65. The molecule has 5 nitrogen and oxygen atoms in total. The second kappa shape index (κ2) is 6.97. The number of nitrogens with zero attached hydrogens (tertiary/aromatic N) is 1. The zero-order chi connectivity index (χ0) is 14.4. The van der Waals surface area contributed by atoms with Crippen LogP contribution >= 0.6 is 0 Å². The Kier molecular flexibility index (Phi) is 5.60. The van der Waals surface area contributed by atoms with E-state index in [1.807, 2.05) is 20.8 Å². The Morgan fingerprint density at radius 3 is 2.63 bits per heavy atom. The zero-order valence-electron chi connectivity index (χ0n) is 12.0. The van der Waals surface area contributed by atoms with Crippen LogP contribution in [0.3, 0.4) is 0 Å². The number of rotatable bonds is 6. The fraction of sp³-hybridized carbons (Fsp3) is 0.571. The molecule has 0 saturated carbocycles. The Bertz CT molecular complexity index is 438. The molecule has 0 aliphatic heterocycles. The lowest BCUT2D eigenvalue weighted by Gasteiger charge is -2.18. The highest BCUT2D eigenvalue weighted by atomic mass is 16.5. The highest BCUT2D eigenvalue weighted by Gasteiger charge is 2.15. The monoisotopic (exact) mass is 266 g/mol. The molecular weight excluding hydrogens is 244 g/mol. The second-order valence-corrected chi connectivity index (χ2v) is 4.84. The SMILES string of the molecule is CCOC(=O)c1cccn1CC(=O)NC(C)C(C)C. The molecule has 1 amide bonds. The maximum Gasteiger partial charge on any atom is 0.354 e. The number of carbonyl (C=O) groups excluding carboxylic acids is 2. The number of aromatic nitrogens is 1. The predicted molar refractivity (Wildman–Crippen MR) is 72.8 cm³/mol. The summed E-state index contributed by atoms with van der Waals surface area (Å²) in [4.78, 5) is 23.5. The number of carbonyl (C=O) groups is 2. The summed E-state index contributed by atoms with van der Waals surface area (Å²) in [6, 6.07) is 3.48. The average molecular weight is 266 g/mol. The van der Waals surface area contributed by atoms with Gasteiger partial charge in [0.2, 0.25) is 5.91 Å². The first-order valence-corrected chi connectivity index (χ1v) is 6.57. The van der Waals surface area contributed by atoms with E-state index >= 15 is 0 Å². The standard InChI is InChI=1S/C14H22N2O3/c1-5-19-14(18)12-7-6-8-16(12)9-13(17)15-11(4)10(2)3/h6-8,10-11H,5,9H2,1-4H3,(H,15,17). The van der Waals surface area contributed by atoms with Crippen LogP contribution in [0.4, 0.5) is 0 Å². The second-order valence-electron chi connectivity index (χ2n) is 4.84. The molecule has 0 fully saturated rings. The highest BCUT2D eigenvalue weighted by molar-refractivity contribution is 5.88. The summed E-state index contributed by atoms with van der Waals surface area (Å²) in [6.45, 7) is 8.25. The summed E-state index contributed by atoms with van der Waals surface area (Å²) in [5, 5.41) is 2.90. The molecule has 1 aromatic heterocycles. The fourth-order valence-electron chi connectivity index (χ4n) is 1.56. The van der Waals surface area contributed by atoms with E-state index < -0.39 is 5.97 Å². The van der Waals surface area contributed by atoms with Gasteiger partial charge in [-0.2, -0.15) is 0 Å². The highest BCUT2D eigenvalue weighted by Crippen LogP contribution is 2.05. The molecule has 0 aliphatic rings. The third-order valence-corrected chi connectivity index (χ3v) is 3.02. The quantitative estimate of drug-likeness (QED) is 0.799. The Morgan fingerprint density at radius 2 is 2.05 bits per heavy atom. The van der Waals surface area contributed by atoms with Crippen LogP contribution in [0.15, 0.2) is 18.3 Å². The van der Waals surface area contributed by atoms with Crippen molar-refractivity contribution in [1.82, 2.24) is 9.88 Å². The topological polar surface area (TPSA) is 60.3 Å². The maximum absolute atomic E-state index is 11.9. The maximum atomic E-state index is 11.9. The third kappa shape index (κ3) is 4.43. The van der Waals surface area contributed by atoms with Crippen LogP contribution in [0, 0.1) is 5.92 Å². The molecule has 1 rings (SSSR count). The van der Waals surface area contributed by atoms with Gasteiger partial charge in [-0.05, 0) is 31.9 Å². The van der Waals surface area contributed by atoms with E-state index in [4.69, 9.17) is 4.74 Å². The molecule has 0 saturated heterocycles.